The largest absolute Gasteiger partial charge is 0.366 e. The first-order valence-electron chi connectivity index (χ1n) is 8.43. The van der Waals surface area contributed by atoms with Crippen molar-refractivity contribution < 1.29 is 0 Å². The lowest BCUT2D eigenvalue weighted by Crippen LogP contribution is -2.09. The highest BCUT2D eigenvalue weighted by molar-refractivity contribution is 5.52. The van der Waals surface area contributed by atoms with Gasteiger partial charge in [-0.2, -0.15) is 5.26 Å². The fourth-order valence-electron chi connectivity index (χ4n) is 3.02. The molecule has 0 amide bonds. The van der Waals surface area contributed by atoms with Crippen LogP contribution in [0.15, 0.2) is 61.2 Å². The minimum Gasteiger partial charge on any atom is -0.366 e. The lowest BCUT2D eigenvalue weighted by atomic mass is 9.97. The Hall–Kier alpha value is -3.06. The number of aromatic nitrogens is 2. The molecule has 3 rings (SSSR count). The van der Waals surface area contributed by atoms with Gasteiger partial charge in [-0.25, -0.2) is 4.98 Å². The fourth-order valence-corrected chi connectivity index (χ4v) is 3.02. The van der Waals surface area contributed by atoms with E-state index in [-0.39, 0.29) is 6.04 Å². The van der Waals surface area contributed by atoms with Crippen LogP contribution in [0.5, 0.6) is 0 Å². The smallest absolute Gasteiger partial charge is 0.140 e. The van der Waals surface area contributed by atoms with E-state index < -0.39 is 0 Å². The van der Waals surface area contributed by atoms with Gasteiger partial charge >= 0.3 is 0 Å². The third kappa shape index (κ3) is 3.72. The van der Waals surface area contributed by atoms with Crippen molar-refractivity contribution in [3.8, 4) is 11.8 Å². The lowest BCUT2D eigenvalue weighted by molar-refractivity contribution is 0.856. The molecule has 0 saturated carbocycles. The number of rotatable bonds is 5. The molecule has 0 bridgehead atoms. The van der Waals surface area contributed by atoms with Crippen molar-refractivity contribution >= 4 is 5.69 Å². The van der Waals surface area contributed by atoms with Crippen LogP contribution in [-0.4, -0.2) is 9.55 Å². The maximum atomic E-state index is 9.58. The second-order valence-corrected chi connectivity index (χ2v) is 6.49. The molecule has 25 heavy (non-hydrogen) atoms. The van der Waals surface area contributed by atoms with Crippen molar-refractivity contribution in [2.45, 2.75) is 32.7 Å². The van der Waals surface area contributed by atoms with Gasteiger partial charge < -0.3 is 9.88 Å². The summed E-state index contributed by atoms with van der Waals surface area (Å²) in [6, 6.07) is 16.2. The third-order valence-electron chi connectivity index (χ3n) is 4.36. The molecule has 4 heteroatoms. The van der Waals surface area contributed by atoms with Gasteiger partial charge in [0.2, 0.25) is 0 Å². The van der Waals surface area contributed by atoms with Crippen molar-refractivity contribution in [3.63, 3.8) is 0 Å². The third-order valence-corrected chi connectivity index (χ3v) is 4.36. The number of benzene rings is 2. The van der Waals surface area contributed by atoms with Gasteiger partial charge in [-0.3, -0.25) is 0 Å². The van der Waals surface area contributed by atoms with Crippen molar-refractivity contribution in [1.82, 2.24) is 9.55 Å². The summed E-state index contributed by atoms with van der Waals surface area (Å²) in [5, 5.41) is 12.9. The molecule has 0 spiro atoms. The topological polar surface area (TPSA) is 53.6 Å². The highest BCUT2D eigenvalue weighted by atomic mass is 15.0. The molecule has 2 aromatic carbocycles. The van der Waals surface area contributed by atoms with Gasteiger partial charge in [0.05, 0.1) is 12.4 Å². The van der Waals surface area contributed by atoms with E-state index in [0.717, 1.165) is 16.9 Å². The van der Waals surface area contributed by atoms with Crippen LogP contribution in [-0.2, 0) is 0 Å². The summed E-state index contributed by atoms with van der Waals surface area (Å²) in [6.07, 6.45) is 5.40. The normalized spacial score (nSPS) is 12.0. The molecular formula is C21H22N4. The molecule has 0 aliphatic rings. The summed E-state index contributed by atoms with van der Waals surface area (Å²) in [4.78, 5) is 4.05. The van der Waals surface area contributed by atoms with Crippen LogP contribution in [0.25, 0.3) is 5.69 Å². The first kappa shape index (κ1) is 16.8. The molecule has 0 unspecified atom stereocenters. The Labute approximate surface area is 148 Å². The van der Waals surface area contributed by atoms with Gasteiger partial charge in [-0.15, -0.1) is 0 Å². The summed E-state index contributed by atoms with van der Waals surface area (Å²) in [7, 11) is 0. The summed E-state index contributed by atoms with van der Waals surface area (Å²) in [5.41, 5.74) is 5.51. The fraction of sp³-hybridized carbons (Fsp3) is 0.238. The quantitative estimate of drug-likeness (QED) is 0.717. The minimum atomic E-state index is -0.388. The minimum absolute atomic E-state index is 0.388. The number of hydrogen-bond acceptors (Lipinski definition) is 3. The van der Waals surface area contributed by atoms with E-state index in [1.807, 2.05) is 41.1 Å². The Kier molecular flexibility index (Phi) is 4.85. The average Bonchev–Trinajstić information content (AvgIpc) is 3.14. The number of nitrogens with zero attached hydrogens (tertiary/aromatic N) is 3. The Morgan fingerprint density at radius 2 is 1.88 bits per heavy atom. The Balaban J connectivity index is 1.79. The Bertz CT molecular complexity index is 871. The highest BCUT2D eigenvalue weighted by Gasteiger charge is 2.12. The van der Waals surface area contributed by atoms with Crippen LogP contribution in [0.2, 0.25) is 0 Å². The van der Waals surface area contributed by atoms with Gasteiger partial charge in [-0.1, -0.05) is 32.0 Å². The van der Waals surface area contributed by atoms with E-state index in [1.54, 1.807) is 12.5 Å². The van der Waals surface area contributed by atoms with E-state index in [2.05, 4.69) is 49.3 Å². The first-order valence-corrected chi connectivity index (χ1v) is 8.43. The maximum Gasteiger partial charge on any atom is 0.140 e. The van der Waals surface area contributed by atoms with Crippen LogP contribution in [0.3, 0.4) is 0 Å². The summed E-state index contributed by atoms with van der Waals surface area (Å²) < 4.78 is 1.94. The number of nitriles is 1. The molecule has 1 atom stereocenters. The van der Waals surface area contributed by atoms with Gasteiger partial charge in [0, 0.05) is 23.8 Å². The molecule has 0 radical (unpaired) electrons. The van der Waals surface area contributed by atoms with Gasteiger partial charge in [0.25, 0.3) is 0 Å². The maximum absolute atomic E-state index is 9.58. The van der Waals surface area contributed by atoms with Crippen molar-refractivity contribution in [1.29, 1.82) is 5.26 Å². The Morgan fingerprint density at radius 1 is 1.12 bits per heavy atom. The monoisotopic (exact) mass is 330 g/mol. The number of hydrogen-bond donors (Lipinski definition) is 1. The molecule has 0 aliphatic carbocycles. The zero-order valence-electron chi connectivity index (χ0n) is 14.8. The summed E-state index contributed by atoms with van der Waals surface area (Å²) in [5.74, 6) is 0.497. The SMILES string of the molecule is Cc1cc(N[C@@H](C#N)c2ccc(-n3ccnc3)cc2)ccc1C(C)C. The number of nitrogens with one attached hydrogen (secondary N) is 1. The lowest BCUT2D eigenvalue weighted by Gasteiger charge is -2.16. The van der Waals surface area contributed by atoms with Gasteiger partial charge in [0.15, 0.2) is 0 Å². The average molecular weight is 330 g/mol. The Morgan fingerprint density at radius 3 is 2.44 bits per heavy atom. The van der Waals surface area contributed by atoms with Crippen molar-refractivity contribution in [2.75, 3.05) is 5.32 Å². The molecule has 1 heterocycles. The molecule has 4 nitrogen and oxygen atoms in total. The van der Waals surface area contributed by atoms with Crippen LogP contribution < -0.4 is 5.32 Å². The van der Waals surface area contributed by atoms with Crippen LogP contribution in [0, 0.1) is 18.3 Å². The molecule has 1 N–H and O–H groups in total. The predicted molar refractivity (Wildman–Crippen MR) is 101 cm³/mol. The second kappa shape index (κ2) is 7.23. The van der Waals surface area contributed by atoms with E-state index in [9.17, 15) is 5.26 Å². The van der Waals surface area contributed by atoms with Crippen molar-refractivity contribution in [2.24, 2.45) is 0 Å². The van der Waals surface area contributed by atoms with Crippen LogP contribution in [0.4, 0.5) is 5.69 Å². The van der Waals surface area contributed by atoms with E-state index in [0.29, 0.717) is 5.92 Å². The summed E-state index contributed by atoms with van der Waals surface area (Å²) in [6.45, 7) is 6.49. The zero-order chi connectivity index (χ0) is 17.8. The van der Waals surface area contributed by atoms with Crippen LogP contribution >= 0.6 is 0 Å². The van der Waals surface area contributed by atoms with E-state index in [1.165, 1.54) is 11.1 Å². The van der Waals surface area contributed by atoms with Crippen molar-refractivity contribution in [3.05, 3.63) is 77.9 Å². The highest BCUT2D eigenvalue weighted by Crippen LogP contribution is 2.25. The van der Waals surface area contributed by atoms with E-state index in [4.69, 9.17) is 0 Å². The molecule has 1 aromatic heterocycles. The number of anilines is 1. The van der Waals surface area contributed by atoms with Gasteiger partial charge in [0.1, 0.15) is 6.04 Å². The van der Waals surface area contributed by atoms with Gasteiger partial charge in [-0.05, 0) is 53.8 Å². The zero-order valence-corrected chi connectivity index (χ0v) is 14.8. The van der Waals surface area contributed by atoms with Crippen LogP contribution in [0.1, 0.15) is 42.5 Å². The number of aryl methyl sites for hydroxylation is 1. The predicted octanol–water partition coefficient (Wildman–Crippen LogP) is 4.98. The van der Waals surface area contributed by atoms with E-state index >= 15 is 0 Å². The molecular weight excluding hydrogens is 308 g/mol. The second-order valence-electron chi connectivity index (χ2n) is 6.49. The molecule has 3 aromatic rings. The first-order chi connectivity index (χ1) is 12.1. The molecule has 0 fully saturated rings. The molecule has 126 valence electrons. The summed E-state index contributed by atoms with van der Waals surface area (Å²) >= 11 is 0. The number of imidazole rings is 1. The molecule has 0 aliphatic heterocycles. The molecule has 0 saturated heterocycles. The standard InChI is InChI=1S/C21H22N4/c1-15(2)20-9-6-18(12-16(20)3)24-21(13-22)17-4-7-19(8-5-17)25-11-10-23-14-25/h4-12,14-15,21,24H,1-3H3/t21-/m0/s1.